The number of aliphatic hydroxyl groups is 1. The third-order valence-corrected chi connectivity index (χ3v) is 6.41. The lowest BCUT2D eigenvalue weighted by molar-refractivity contribution is 0.123. The molecule has 1 aromatic rings. The standard InChI is InChI=1S/C14H24O5Si/c1-11-12(6-7-14(16-2)13(11)10-15)8-9-20(17-3,18-4)19-5/h6-7,15H,8-10H2,1-5H3. The van der Waals surface area contributed by atoms with E-state index in [1.54, 1.807) is 28.4 Å². The van der Waals surface area contributed by atoms with Gasteiger partial charge in [0.2, 0.25) is 0 Å². The van der Waals surface area contributed by atoms with Crippen molar-refractivity contribution in [3.05, 3.63) is 28.8 Å². The van der Waals surface area contributed by atoms with Crippen LogP contribution in [0.3, 0.4) is 0 Å². The number of ether oxygens (including phenoxy) is 1. The summed E-state index contributed by atoms with van der Waals surface area (Å²) in [5.74, 6) is 0.711. The van der Waals surface area contributed by atoms with E-state index in [1.807, 2.05) is 19.1 Å². The van der Waals surface area contributed by atoms with Gasteiger partial charge in [-0.3, -0.25) is 0 Å². The molecular formula is C14H24O5Si. The normalized spacial score (nSPS) is 11.7. The van der Waals surface area contributed by atoms with Crippen LogP contribution in [0.4, 0.5) is 0 Å². The molecule has 0 aliphatic heterocycles. The van der Waals surface area contributed by atoms with Crippen LogP contribution >= 0.6 is 0 Å². The van der Waals surface area contributed by atoms with Crippen LogP contribution in [-0.4, -0.2) is 42.4 Å². The third-order valence-electron chi connectivity index (χ3n) is 3.68. The van der Waals surface area contributed by atoms with E-state index in [1.165, 1.54) is 0 Å². The molecule has 0 aromatic heterocycles. The highest BCUT2D eigenvalue weighted by atomic mass is 28.4. The molecular weight excluding hydrogens is 276 g/mol. The average molecular weight is 300 g/mol. The van der Waals surface area contributed by atoms with Gasteiger partial charge in [0, 0.05) is 32.9 Å². The van der Waals surface area contributed by atoms with Gasteiger partial charge in [-0.25, -0.2) is 0 Å². The smallest absolute Gasteiger partial charge is 0.496 e. The molecule has 0 unspecified atom stereocenters. The van der Waals surface area contributed by atoms with Crippen LogP contribution < -0.4 is 4.74 Å². The Morgan fingerprint density at radius 3 is 2.10 bits per heavy atom. The fraction of sp³-hybridized carbons (Fsp3) is 0.571. The van der Waals surface area contributed by atoms with Crippen molar-refractivity contribution in [2.24, 2.45) is 0 Å². The SMILES string of the molecule is COc1ccc(CC[Si](OC)(OC)OC)c(C)c1CO. The Hall–Kier alpha value is -0.923. The van der Waals surface area contributed by atoms with Crippen LogP contribution in [0, 0.1) is 6.92 Å². The van der Waals surface area contributed by atoms with Gasteiger partial charge in [0.15, 0.2) is 0 Å². The Labute approximate surface area is 121 Å². The summed E-state index contributed by atoms with van der Waals surface area (Å²) in [7, 11) is 3.87. The number of rotatable bonds is 8. The second-order valence-electron chi connectivity index (χ2n) is 4.48. The molecule has 6 heteroatoms. The number of aryl methyl sites for hydroxylation is 1. The maximum Gasteiger partial charge on any atom is 0.500 e. The third kappa shape index (κ3) is 3.59. The van der Waals surface area contributed by atoms with Crippen molar-refractivity contribution < 1.29 is 23.1 Å². The fourth-order valence-corrected chi connectivity index (χ4v) is 3.97. The summed E-state index contributed by atoms with van der Waals surface area (Å²) in [6, 6.07) is 4.57. The molecule has 0 bridgehead atoms. The Bertz CT molecular complexity index is 424. The number of hydrogen-bond donors (Lipinski definition) is 1. The Balaban J connectivity index is 2.94. The van der Waals surface area contributed by atoms with Crippen LogP contribution in [0.1, 0.15) is 16.7 Å². The first kappa shape index (κ1) is 17.1. The minimum Gasteiger partial charge on any atom is -0.496 e. The van der Waals surface area contributed by atoms with Crippen molar-refractivity contribution in [2.45, 2.75) is 26.0 Å². The Kier molecular flexibility index (Phi) is 6.64. The topological polar surface area (TPSA) is 57.2 Å². The van der Waals surface area contributed by atoms with Gasteiger partial charge >= 0.3 is 8.80 Å². The van der Waals surface area contributed by atoms with Crippen LogP contribution in [0.5, 0.6) is 5.75 Å². The van der Waals surface area contributed by atoms with Gasteiger partial charge in [-0.15, -0.1) is 0 Å². The highest BCUT2D eigenvalue weighted by molar-refractivity contribution is 6.60. The van der Waals surface area contributed by atoms with E-state index in [2.05, 4.69) is 0 Å². The van der Waals surface area contributed by atoms with E-state index < -0.39 is 8.80 Å². The first-order chi connectivity index (χ1) is 9.57. The van der Waals surface area contributed by atoms with Gasteiger partial charge in [0.1, 0.15) is 5.75 Å². The zero-order valence-electron chi connectivity index (χ0n) is 12.9. The van der Waals surface area contributed by atoms with Crippen LogP contribution in [0.15, 0.2) is 12.1 Å². The van der Waals surface area contributed by atoms with E-state index >= 15 is 0 Å². The van der Waals surface area contributed by atoms with Crippen LogP contribution in [-0.2, 0) is 26.3 Å². The van der Waals surface area contributed by atoms with E-state index in [-0.39, 0.29) is 6.61 Å². The zero-order chi connectivity index (χ0) is 15.2. The molecule has 0 saturated carbocycles. The van der Waals surface area contributed by atoms with E-state index in [0.29, 0.717) is 11.8 Å². The molecule has 0 aliphatic rings. The predicted octanol–water partition coefficient (Wildman–Crippen LogP) is 1.92. The largest absolute Gasteiger partial charge is 0.500 e. The highest BCUT2D eigenvalue weighted by Gasteiger charge is 2.37. The molecule has 0 heterocycles. The summed E-state index contributed by atoms with van der Waals surface area (Å²) >= 11 is 0. The molecule has 1 aromatic carbocycles. The van der Waals surface area contributed by atoms with Crippen molar-refractivity contribution >= 4 is 8.80 Å². The Morgan fingerprint density at radius 2 is 1.65 bits per heavy atom. The molecule has 1 N–H and O–H groups in total. The summed E-state index contributed by atoms with van der Waals surface area (Å²) in [6.07, 6.45) is 0.768. The van der Waals surface area contributed by atoms with Gasteiger partial charge < -0.3 is 23.1 Å². The molecule has 20 heavy (non-hydrogen) atoms. The minimum atomic E-state index is -2.57. The lowest BCUT2D eigenvalue weighted by Crippen LogP contribution is -2.43. The van der Waals surface area contributed by atoms with Crippen molar-refractivity contribution in [2.75, 3.05) is 28.4 Å². The zero-order valence-corrected chi connectivity index (χ0v) is 13.9. The van der Waals surface area contributed by atoms with Crippen molar-refractivity contribution in [1.82, 2.24) is 0 Å². The van der Waals surface area contributed by atoms with Crippen molar-refractivity contribution in [1.29, 1.82) is 0 Å². The number of aliphatic hydroxyl groups excluding tert-OH is 1. The van der Waals surface area contributed by atoms with Crippen molar-refractivity contribution in [3.63, 3.8) is 0 Å². The lowest BCUT2D eigenvalue weighted by Gasteiger charge is -2.24. The Morgan fingerprint density at radius 1 is 1.05 bits per heavy atom. The van der Waals surface area contributed by atoms with Gasteiger partial charge in [-0.2, -0.15) is 0 Å². The molecule has 5 nitrogen and oxygen atoms in total. The highest BCUT2D eigenvalue weighted by Crippen LogP contribution is 2.27. The molecule has 0 fully saturated rings. The second kappa shape index (κ2) is 7.75. The molecule has 0 radical (unpaired) electrons. The first-order valence-corrected chi connectivity index (χ1v) is 8.42. The van der Waals surface area contributed by atoms with E-state index in [9.17, 15) is 5.11 Å². The van der Waals surface area contributed by atoms with E-state index in [4.69, 9.17) is 18.0 Å². The number of benzene rings is 1. The quantitative estimate of drug-likeness (QED) is 0.743. The molecule has 0 aliphatic carbocycles. The maximum atomic E-state index is 9.48. The molecule has 1 rings (SSSR count). The summed E-state index contributed by atoms with van der Waals surface area (Å²) < 4.78 is 21.5. The van der Waals surface area contributed by atoms with E-state index in [0.717, 1.165) is 23.1 Å². The summed E-state index contributed by atoms with van der Waals surface area (Å²) in [6.45, 7) is 1.95. The molecule has 114 valence electrons. The monoisotopic (exact) mass is 300 g/mol. The number of hydrogen-bond acceptors (Lipinski definition) is 5. The van der Waals surface area contributed by atoms with Crippen LogP contribution in [0.2, 0.25) is 6.04 Å². The van der Waals surface area contributed by atoms with Crippen LogP contribution in [0.25, 0.3) is 0 Å². The minimum absolute atomic E-state index is 0.0374. The average Bonchev–Trinajstić information content (AvgIpc) is 2.50. The molecule has 0 spiro atoms. The van der Waals surface area contributed by atoms with Crippen molar-refractivity contribution in [3.8, 4) is 5.75 Å². The lowest BCUT2D eigenvalue weighted by atomic mass is 10.00. The maximum absolute atomic E-state index is 9.48. The first-order valence-electron chi connectivity index (χ1n) is 6.49. The van der Waals surface area contributed by atoms with Gasteiger partial charge in [0.05, 0.1) is 13.7 Å². The fourth-order valence-electron chi connectivity index (χ4n) is 2.28. The van der Waals surface area contributed by atoms with Gasteiger partial charge in [-0.1, -0.05) is 6.07 Å². The summed E-state index contributed by atoms with van der Waals surface area (Å²) in [5, 5.41) is 9.48. The van der Waals surface area contributed by atoms with Gasteiger partial charge in [0.25, 0.3) is 0 Å². The molecule has 0 atom stereocenters. The number of methoxy groups -OCH3 is 1. The predicted molar refractivity (Wildman–Crippen MR) is 78.9 cm³/mol. The molecule has 0 amide bonds. The summed E-state index contributed by atoms with van der Waals surface area (Å²) in [5.41, 5.74) is 3.00. The second-order valence-corrected chi connectivity index (χ2v) is 7.57. The summed E-state index contributed by atoms with van der Waals surface area (Å²) in [4.78, 5) is 0. The van der Waals surface area contributed by atoms with Gasteiger partial charge in [-0.05, 0) is 30.5 Å². The molecule has 0 saturated heterocycles.